The number of nitrogens with zero attached hydrogens (tertiary/aromatic N) is 2. The van der Waals surface area contributed by atoms with Crippen LogP contribution in [-0.4, -0.2) is 28.9 Å². The van der Waals surface area contributed by atoms with Crippen molar-refractivity contribution in [3.05, 3.63) is 29.3 Å². The summed E-state index contributed by atoms with van der Waals surface area (Å²) >= 11 is 1.80. The van der Waals surface area contributed by atoms with Crippen LogP contribution < -0.4 is 0 Å². The van der Waals surface area contributed by atoms with Gasteiger partial charge in [0.2, 0.25) is 5.91 Å². The van der Waals surface area contributed by atoms with Gasteiger partial charge in [-0.15, -0.1) is 11.3 Å². The highest BCUT2D eigenvalue weighted by Crippen LogP contribution is 2.33. The van der Waals surface area contributed by atoms with Gasteiger partial charge in [0.05, 0.1) is 15.2 Å². The second-order valence-corrected chi connectivity index (χ2v) is 5.86. The highest BCUT2D eigenvalue weighted by Gasteiger charge is 2.24. The van der Waals surface area contributed by atoms with E-state index in [1.165, 1.54) is 9.71 Å². The molecule has 1 fully saturated rings. The van der Waals surface area contributed by atoms with Crippen LogP contribution in [0.15, 0.2) is 24.3 Å². The molecule has 0 aliphatic carbocycles. The van der Waals surface area contributed by atoms with Gasteiger partial charge in [0.1, 0.15) is 0 Å². The van der Waals surface area contributed by atoms with E-state index < -0.39 is 0 Å². The number of rotatable bonds is 1. The van der Waals surface area contributed by atoms with Crippen LogP contribution >= 0.6 is 11.3 Å². The number of amides is 1. The first-order valence-electron chi connectivity index (χ1n) is 6.35. The van der Waals surface area contributed by atoms with Crippen molar-refractivity contribution in [2.24, 2.45) is 0 Å². The molecule has 3 rings (SSSR count). The third-order valence-electron chi connectivity index (χ3n) is 3.60. The fourth-order valence-electron chi connectivity index (χ4n) is 2.51. The molecule has 1 aromatic carbocycles. The summed E-state index contributed by atoms with van der Waals surface area (Å²) in [6.07, 6.45) is 2.08. The minimum absolute atomic E-state index is 0.192. The maximum Gasteiger partial charge on any atom is 0.219 e. The largest absolute Gasteiger partial charge is 0.343 e. The zero-order chi connectivity index (χ0) is 12.5. The van der Waals surface area contributed by atoms with Gasteiger partial charge in [-0.1, -0.05) is 12.1 Å². The van der Waals surface area contributed by atoms with Crippen molar-refractivity contribution in [1.82, 2.24) is 9.88 Å². The van der Waals surface area contributed by atoms with Crippen LogP contribution in [0.5, 0.6) is 0 Å². The van der Waals surface area contributed by atoms with Crippen molar-refractivity contribution >= 4 is 27.5 Å². The molecular weight excluding hydrogens is 244 g/mol. The summed E-state index contributed by atoms with van der Waals surface area (Å²) in [6.45, 7) is 3.39. The van der Waals surface area contributed by atoms with Crippen molar-refractivity contribution in [2.45, 2.75) is 25.7 Å². The van der Waals surface area contributed by atoms with Gasteiger partial charge < -0.3 is 4.90 Å². The smallest absolute Gasteiger partial charge is 0.219 e. The van der Waals surface area contributed by atoms with E-state index in [-0.39, 0.29) is 5.91 Å². The van der Waals surface area contributed by atoms with E-state index in [9.17, 15) is 4.79 Å². The Hall–Kier alpha value is -1.42. The molecule has 0 atom stereocenters. The second kappa shape index (κ2) is 4.69. The lowest BCUT2D eigenvalue weighted by molar-refractivity contribution is -0.129. The number of aromatic nitrogens is 1. The number of hydrogen-bond donors (Lipinski definition) is 0. The fourth-order valence-corrected chi connectivity index (χ4v) is 3.64. The molecule has 2 heterocycles. The predicted molar refractivity (Wildman–Crippen MR) is 73.8 cm³/mol. The van der Waals surface area contributed by atoms with Crippen LogP contribution in [0.3, 0.4) is 0 Å². The van der Waals surface area contributed by atoms with Gasteiger partial charge in [-0.05, 0) is 25.0 Å². The Bertz CT molecular complexity index is 537. The molecule has 1 aliphatic rings. The first-order valence-corrected chi connectivity index (χ1v) is 7.16. The number of benzene rings is 1. The summed E-state index contributed by atoms with van der Waals surface area (Å²) in [5, 5.41) is 1.24. The molecule has 3 nitrogen and oxygen atoms in total. The molecule has 0 unspecified atom stereocenters. The summed E-state index contributed by atoms with van der Waals surface area (Å²) in [7, 11) is 0. The first-order chi connectivity index (χ1) is 8.74. The minimum Gasteiger partial charge on any atom is -0.343 e. The van der Waals surface area contributed by atoms with Crippen LogP contribution in [0.1, 0.15) is 30.7 Å². The molecule has 1 amide bonds. The molecule has 94 valence electrons. The Kier molecular flexibility index (Phi) is 3.04. The van der Waals surface area contributed by atoms with Crippen LogP contribution in [0.2, 0.25) is 0 Å². The minimum atomic E-state index is 0.192. The van der Waals surface area contributed by atoms with Gasteiger partial charge in [-0.3, -0.25) is 4.79 Å². The molecule has 1 aromatic heterocycles. The van der Waals surface area contributed by atoms with Crippen LogP contribution in [-0.2, 0) is 4.79 Å². The number of thiazole rings is 1. The third-order valence-corrected chi connectivity index (χ3v) is 4.80. The second-order valence-electron chi connectivity index (χ2n) is 4.80. The van der Waals surface area contributed by atoms with Crippen molar-refractivity contribution in [3.8, 4) is 0 Å². The van der Waals surface area contributed by atoms with Crippen molar-refractivity contribution in [1.29, 1.82) is 0 Å². The maximum absolute atomic E-state index is 11.3. The Balaban J connectivity index is 1.78. The topological polar surface area (TPSA) is 33.2 Å². The molecular formula is C14H16N2OS. The normalized spacial score (nSPS) is 17.3. The summed E-state index contributed by atoms with van der Waals surface area (Å²) in [5.74, 6) is 0.718. The molecule has 18 heavy (non-hydrogen) atoms. The zero-order valence-corrected chi connectivity index (χ0v) is 11.2. The fraction of sp³-hybridized carbons (Fsp3) is 0.429. The zero-order valence-electron chi connectivity index (χ0n) is 10.4. The van der Waals surface area contributed by atoms with Crippen LogP contribution in [0, 0.1) is 0 Å². The van der Waals surface area contributed by atoms with E-state index in [0.717, 1.165) is 31.4 Å². The molecule has 0 spiro atoms. The standard InChI is InChI=1S/C14H16N2OS/c1-10(17)16-8-6-11(7-9-16)14-15-12-4-2-3-5-13(12)18-14/h2-5,11H,6-9H2,1H3. The number of carbonyl (C=O) groups excluding carboxylic acids is 1. The van der Waals surface area contributed by atoms with Crippen molar-refractivity contribution in [2.75, 3.05) is 13.1 Å². The van der Waals surface area contributed by atoms with E-state index >= 15 is 0 Å². The van der Waals surface area contributed by atoms with Crippen molar-refractivity contribution in [3.63, 3.8) is 0 Å². The van der Waals surface area contributed by atoms with Gasteiger partial charge in [0, 0.05) is 25.9 Å². The Morgan fingerprint density at radius 2 is 2.06 bits per heavy atom. The van der Waals surface area contributed by atoms with E-state index in [1.807, 2.05) is 11.0 Å². The number of fused-ring (bicyclic) bond motifs is 1. The summed E-state index contributed by atoms with van der Waals surface area (Å²) < 4.78 is 1.27. The third kappa shape index (κ3) is 2.12. The Morgan fingerprint density at radius 1 is 1.33 bits per heavy atom. The van der Waals surface area contributed by atoms with E-state index in [1.54, 1.807) is 18.3 Å². The lowest BCUT2D eigenvalue weighted by atomic mass is 9.97. The quantitative estimate of drug-likeness (QED) is 0.789. The lowest BCUT2D eigenvalue weighted by Gasteiger charge is -2.30. The van der Waals surface area contributed by atoms with Gasteiger partial charge in [0.25, 0.3) is 0 Å². The van der Waals surface area contributed by atoms with Gasteiger partial charge in [0.15, 0.2) is 0 Å². The molecule has 1 saturated heterocycles. The Morgan fingerprint density at radius 3 is 2.72 bits per heavy atom. The van der Waals surface area contributed by atoms with E-state index in [0.29, 0.717) is 5.92 Å². The van der Waals surface area contributed by atoms with Crippen LogP contribution in [0.25, 0.3) is 10.2 Å². The molecule has 4 heteroatoms. The SMILES string of the molecule is CC(=O)N1CCC(c2nc3ccccc3s2)CC1. The van der Waals surface area contributed by atoms with Crippen molar-refractivity contribution < 1.29 is 4.79 Å². The average Bonchev–Trinajstić information content (AvgIpc) is 2.82. The maximum atomic E-state index is 11.3. The highest BCUT2D eigenvalue weighted by atomic mass is 32.1. The number of para-hydroxylation sites is 1. The Labute approximate surface area is 110 Å². The molecule has 0 radical (unpaired) electrons. The molecule has 1 aliphatic heterocycles. The highest BCUT2D eigenvalue weighted by molar-refractivity contribution is 7.18. The summed E-state index contributed by atoms with van der Waals surface area (Å²) in [6, 6.07) is 8.29. The number of hydrogen-bond acceptors (Lipinski definition) is 3. The van der Waals surface area contributed by atoms with Crippen LogP contribution in [0.4, 0.5) is 0 Å². The molecule has 0 bridgehead atoms. The van der Waals surface area contributed by atoms with E-state index in [4.69, 9.17) is 4.98 Å². The first kappa shape index (κ1) is 11.7. The van der Waals surface area contributed by atoms with Gasteiger partial charge in [-0.2, -0.15) is 0 Å². The average molecular weight is 260 g/mol. The summed E-state index contributed by atoms with van der Waals surface area (Å²) in [4.78, 5) is 18.0. The van der Waals surface area contributed by atoms with Gasteiger partial charge >= 0.3 is 0 Å². The molecule has 0 N–H and O–H groups in total. The number of piperidine rings is 1. The monoisotopic (exact) mass is 260 g/mol. The number of carbonyl (C=O) groups is 1. The predicted octanol–water partition coefficient (Wildman–Crippen LogP) is 3.02. The lowest BCUT2D eigenvalue weighted by Crippen LogP contribution is -2.36. The molecule has 0 saturated carbocycles. The molecule has 2 aromatic rings. The van der Waals surface area contributed by atoms with Gasteiger partial charge in [-0.25, -0.2) is 4.98 Å². The number of likely N-dealkylation sites (tertiary alicyclic amines) is 1. The summed E-state index contributed by atoms with van der Waals surface area (Å²) in [5.41, 5.74) is 1.10. The van der Waals surface area contributed by atoms with E-state index in [2.05, 4.69) is 18.2 Å².